The van der Waals surface area contributed by atoms with Gasteiger partial charge < -0.3 is 14.0 Å². The first-order valence-corrected chi connectivity index (χ1v) is 15.4. The predicted octanol–water partition coefficient (Wildman–Crippen LogP) is 5.23. The van der Waals surface area contributed by atoms with Crippen LogP contribution in [0.1, 0.15) is 79.0 Å². The first-order valence-electron chi connectivity index (χ1n) is 12.3. The largest absolute Gasteiger partial charge is 0.448 e. The molecule has 10 heteroatoms. The summed E-state index contributed by atoms with van der Waals surface area (Å²) < 4.78 is 14.1. The fourth-order valence-electron chi connectivity index (χ4n) is 4.40. The Balaban J connectivity index is 2.18. The summed E-state index contributed by atoms with van der Waals surface area (Å²) in [5, 5.41) is 4.67. The van der Waals surface area contributed by atoms with E-state index in [9.17, 15) is 14.4 Å². The summed E-state index contributed by atoms with van der Waals surface area (Å²) >= 11 is 0. The zero-order chi connectivity index (χ0) is 25.6. The van der Waals surface area contributed by atoms with Crippen LogP contribution < -0.4 is 4.57 Å². The number of anilines is 1. The van der Waals surface area contributed by atoms with Gasteiger partial charge in [0.25, 0.3) is 0 Å². The second-order valence-electron chi connectivity index (χ2n) is 11.4. The second-order valence-corrected chi connectivity index (χ2v) is 16.1. The summed E-state index contributed by atoms with van der Waals surface area (Å²) in [4.78, 5) is 41.5. The first kappa shape index (κ1) is 26.2. The SMILES string of the molecule is CCOC(=O)n1nc2c(c1N(C(=O)C1CCC1)[Si](C)(C)CC)CN(C(=O)OC(C)(C)C)C2(C)C. The molecule has 0 saturated heterocycles. The highest BCUT2D eigenvalue weighted by Gasteiger charge is 2.50. The molecule has 0 bridgehead atoms. The molecule has 0 unspecified atom stereocenters. The number of fused-ring (bicyclic) bond motifs is 1. The number of carbonyl (C=O) groups excluding carboxylic acids is 3. The zero-order valence-electron chi connectivity index (χ0n) is 22.2. The van der Waals surface area contributed by atoms with Crippen LogP contribution >= 0.6 is 0 Å². The van der Waals surface area contributed by atoms with E-state index in [4.69, 9.17) is 9.47 Å². The molecule has 2 heterocycles. The molecule has 9 nitrogen and oxygen atoms in total. The Kier molecular flexibility index (Phi) is 6.96. The van der Waals surface area contributed by atoms with Gasteiger partial charge in [0.05, 0.1) is 24.4 Å². The standard InChI is InChI=1S/C24H40N4O5Si/c1-10-32-22(31)27-19(28(34(8,9)11-2)20(29)16-13-12-14-16)17-15-26(21(30)33-23(3,4)5)24(6,7)18(17)25-27/h16H,10-15H2,1-9H3. The van der Waals surface area contributed by atoms with E-state index in [1.807, 2.05) is 39.2 Å². The summed E-state index contributed by atoms with van der Waals surface area (Å²) in [6.45, 7) is 17.7. The molecule has 2 aliphatic rings. The molecule has 1 fully saturated rings. The Bertz CT molecular complexity index is 975. The molecule has 34 heavy (non-hydrogen) atoms. The van der Waals surface area contributed by atoms with Crippen molar-refractivity contribution in [3.63, 3.8) is 0 Å². The smallest absolute Gasteiger partial charge is 0.436 e. The van der Waals surface area contributed by atoms with Crippen molar-refractivity contribution in [3.05, 3.63) is 11.3 Å². The summed E-state index contributed by atoms with van der Waals surface area (Å²) in [5.74, 6) is 0.463. The molecule has 1 aromatic heterocycles. The number of carbonyl (C=O) groups is 3. The van der Waals surface area contributed by atoms with Gasteiger partial charge in [0, 0.05) is 11.5 Å². The van der Waals surface area contributed by atoms with Crippen LogP contribution in [-0.4, -0.2) is 53.2 Å². The maximum Gasteiger partial charge on any atom is 0.436 e. The lowest BCUT2D eigenvalue weighted by Gasteiger charge is -2.41. The van der Waals surface area contributed by atoms with Crippen molar-refractivity contribution >= 4 is 32.1 Å². The Morgan fingerprint density at radius 1 is 1.15 bits per heavy atom. The van der Waals surface area contributed by atoms with Gasteiger partial charge >= 0.3 is 12.2 Å². The number of nitrogens with zero attached hydrogens (tertiary/aromatic N) is 4. The third-order valence-electron chi connectivity index (χ3n) is 6.94. The Morgan fingerprint density at radius 2 is 1.76 bits per heavy atom. The summed E-state index contributed by atoms with van der Waals surface area (Å²) in [6, 6.07) is 0.813. The van der Waals surface area contributed by atoms with Crippen molar-refractivity contribution in [3.8, 4) is 0 Å². The van der Waals surface area contributed by atoms with Crippen LogP contribution in [0, 0.1) is 5.92 Å². The summed E-state index contributed by atoms with van der Waals surface area (Å²) in [5.41, 5.74) is -0.170. The van der Waals surface area contributed by atoms with Crippen molar-refractivity contribution in [2.75, 3.05) is 11.2 Å². The van der Waals surface area contributed by atoms with Crippen molar-refractivity contribution in [1.29, 1.82) is 0 Å². The molecular weight excluding hydrogens is 452 g/mol. The molecule has 1 saturated carbocycles. The van der Waals surface area contributed by atoms with Crippen molar-refractivity contribution < 1.29 is 23.9 Å². The van der Waals surface area contributed by atoms with Crippen LogP contribution in [0.25, 0.3) is 0 Å². The highest BCUT2D eigenvalue weighted by atomic mass is 28.3. The van der Waals surface area contributed by atoms with Gasteiger partial charge in [0.15, 0.2) is 8.24 Å². The number of hydrogen-bond donors (Lipinski definition) is 0. The van der Waals surface area contributed by atoms with Gasteiger partial charge in [-0.25, -0.2) is 9.59 Å². The molecule has 190 valence electrons. The number of rotatable bonds is 5. The van der Waals surface area contributed by atoms with E-state index in [2.05, 4.69) is 25.1 Å². The molecule has 0 atom stereocenters. The second kappa shape index (κ2) is 9.01. The van der Waals surface area contributed by atoms with Crippen LogP contribution in [0.3, 0.4) is 0 Å². The molecule has 1 aliphatic heterocycles. The van der Waals surface area contributed by atoms with E-state index in [1.165, 1.54) is 4.68 Å². The minimum Gasteiger partial charge on any atom is -0.448 e. The lowest BCUT2D eigenvalue weighted by atomic mass is 9.85. The van der Waals surface area contributed by atoms with Gasteiger partial charge in [-0.3, -0.25) is 9.69 Å². The van der Waals surface area contributed by atoms with Crippen LogP contribution in [0.4, 0.5) is 15.4 Å². The highest BCUT2D eigenvalue weighted by molar-refractivity contribution is 6.84. The maximum absolute atomic E-state index is 13.8. The molecule has 2 amide bonds. The van der Waals surface area contributed by atoms with E-state index in [1.54, 1.807) is 11.8 Å². The zero-order valence-corrected chi connectivity index (χ0v) is 23.2. The Labute approximate surface area is 203 Å². The van der Waals surface area contributed by atoms with E-state index in [0.717, 1.165) is 25.3 Å². The third kappa shape index (κ3) is 4.61. The quantitative estimate of drug-likeness (QED) is 0.522. The highest BCUT2D eigenvalue weighted by Crippen LogP contribution is 2.45. The van der Waals surface area contributed by atoms with E-state index in [0.29, 0.717) is 17.1 Å². The molecule has 1 aliphatic carbocycles. The molecule has 0 N–H and O–H groups in total. The van der Waals surface area contributed by atoms with Gasteiger partial charge in [0.1, 0.15) is 11.4 Å². The molecule has 3 rings (SSSR count). The van der Waals surface area contributed by atoms with Gasteiger partial charge in [-0.2, -0.15) is 5.10 Å². The normalized spacial score (nSPS) is 17.7. The van der Waals surface area contributed by atoms with Gasteiger partial charge in [-0.15, -0.1) is 4.68 Å². The number of ether oxygens (including phenoxy) is 2. The number of aromatic nitrogens is 2. The van der Waals surface area contributed by atoms with E-state index >= 15 is 0 Å². The topological polar surface area (TPSA) is 94.0 Å². The molecule has 0 spiro atoms. The number of hydrogen-bond acceptors (Lipinski definition) is 6. The average molecular weight is 493 g/mol. The minimum absolute atomic E-state index is 0.0455. The summed E-state index contributed by atoms with van der Waals surface area (Å²) in [7, 11) is -2.32. The first-order chi connectivity index (χ1) is 15.7. The monoisotopic (exact) mass is 492 g/mol. The molecule has 1 aromatic rings. The van der Waals surface area contributed by atoms with Crippen LogP contribution in [0.2, 0.25) is 19.1 Å². The van der Waals surface area contributed by atoms with E-state index in [-0.39, 0.29) is 25.0 Å². The predicted molar refractivity (Wildman–Crippen MR) is 132 cm³/mol. The van der Waals surface area contributed by atoms with Crippen LogP contribution in [0.15, 0.2) is 0 Å². The minimum atomic E-state index is -2.32. The van der Waals surface area contributed by atoms with Gasteiger partial charge in [0.2, 0.25) is 5.91 Å². The average Bonchev–Trinajstić information content (AvgIpc) is 3.14. The molecule has 0 aromatic carbocycles. The van der Waals surface area contributed by atoms with Crippen LogP contribution in [0.5, 0.6) is 0 Å². The van der Waals surface area contributed by atoms with Crippen molar-refractivity contribution in [2.45, 2.75) is 105 Å². The fraction of sp³-hybridized carbons (Fsp3) is 0.750. The molecular formula is C24H40N4O5Si. The fourth-order valence-corrected chi connectivity index (χ4v) is 6.30. The van der Waals surface area contributed by atoms with Crippen molar-refractivity contribution in [2.24, 2.45) is 5.92 Å². The summed E-state index contributed by atoms with van der Waals surface area (Å²) in [6.07, 6.45) is 1.68. The van der Waals surface area contributed by atoms with E-state index < -0.39 is 31.6 Å². The molecule has 0 radical (unpaired) electrons. The lowest BCUT2D eigenvalue weighted by molar-refractivity contribution is -0.123. The van der Waals surface area contributed by atoms with Crippen LogP contribution in [-0.2, 0) is 26.4 Å². The Hall–Kier alpha value is -2.36. The lowest BCUT2D eigenvalue weighted by Crippen LogP contribution is -2.56. The Morgan fingerprint density at radius 3 is 2.24 bits per heavy atom. The van der Waals surface area contributed by atoms with Gasteiger partial charge in [-0.1, -0.05) is 26.4 Å². The van der Waals surface area contributed by atoms with Crippen molar-refractivity contribution in [1.82, 2.24) is 14.7 Å². The third-order valence-corrected chi connectivity index (χ3v) is 10.3. The number of amides is 2. The maximum atomic E-state index is 13.8. The van der Waals surface area contributed by atoms with Gasteiger partial charge in [-0.05, 0) is 60.4 Å².